The third-order valence-corrected chi connectivity index (χ3v) is 5.64. The van der Waals surface area contributed by atoms with Crippen molar-refractivity contribution >= 4 is 11.3 Å². The van der Waals surface area contributed by atoms with Crippen molar-refractivity contribution in [2.75, 3.05) is 6.54 Å². The fourth-order valence-electron chi connectivity index (χ4n) is 3.00. The molecule has 0 saturated heterocycles. The molecule has 2 aliphatic rings. The SMILES string of the molecule is c1nc(CCNC2CC2)oc1-c1cc2c(s1)CCCCC2. The zero-order valence-electron chi connectivity index (χ0n) is 12.4. The molecule has 2 aromatic heterocycles. The van der Waals surface area contributed by atoms with E-state index in [-0.39, 0.29) is 0 Å². The van der Waals surface area contributed by atoms with E-state index in [0.29, 0.717) is 0 Å². The molecule has 3 nitrogen and oxygen atoms in total. The van der Waals surface area contributed by atoms with Gasteiger partial charge in [-0.3, -0.25) is 0 Å². The Hall–Kier alpha value is -1.13. The average molecular weight is 302 g/mol. The lowest BCUT2D eigenvalue weighted by molar-refractivity contribution is 0.495. The topological polar surface area (TPSA) is 38.1 Å². The van der Waals surface area contributed by atoms with Crippen LogP contribution >= 0.6 is 11.3 Å². The summed E-state index contributed by atoms with van der Waals surface area (Å²) in [7, 11) is 0. The zero-order valence-corrected chi connectivity index (χ0v) is 13.2. The minimum Gasteiger partial charge on any atom is -0.440 e. The first kappa shape index (κ1) is 13.5. The highest BCUT2D eigenvalue weighted by atomic mass is 32.1. The molecule has 1 fully saturated rings. The van der Waals surface area contributed by atoms with Crippen LogP contribution in [-0.4, -0.2) is 17.6 Å². The summed E-state index contributed by atoms with van der Waals surface area (Å²) in [6.45, 7) is 0.978. The van der Waals surface area contributed by atoms with Crippen LogP contribution in [0.25, 0.3) is 10.6 Å². The number of aromatic nitrogens is 1. The summed E-state index contributed by atoms with van der Waals surface area (Å²) in [5, 5.41) is 3.50. The van der Waals surface area contributed by atoms with Gasteiger partial charge in [0.25, 0.3) is 0 Å². The Balaban J connectivity index is 1.44. The largest absolute Gasteiger partial charge is 0.440 e. The van der Waals surface area contributed by atoms with E-state index in [9.17, 15) is 0 Å². The van der Waals surface area contributed by atoms with Crippen molar-refractivity contribution in [1.82, 2.24) is 10.3 Å². The lowest BCUT2D eigenvalue weighted by atomic mass is 10.1. The van der Waals surface area contributed by atoms with Crippen molar-refractivity contribution in [1.29, 1.82) is 0 Å². The minimum atomic E-state index is 0.757. The van der Waals surface area contributed by atoms with E-state index in [1.807, 2.05) is 17.5 Å². The van der Waals surface area contributed by atoms with Gasteiger partial charge in [-0.25, -0.2) is 4.98 Å². The first-order chi connectivity index (χ1) is 10.4. The standard InChI is InChI=1S/C17H22N2OS/c1-2-4-12-10-16(21-15(12)5-3-1)14-11-19-17(20-14)8-9-18-13-6-7-13/h10-11,13,18H,1-9H2. The van der Waals surface area contributed by atoms with Gasteiger partial charge >= 0.3 is 0 Å². The van der Waals surface area contributed by atoms with E-state index < -0.39 is 0 Å². The van der Waals surface area contributed by atoms with Gasteiger partial charge in [-0.15, -0.1) is 11.3 Å². The summed E-state index contributed by atoms with van der Waals surface area (Å²) in [4.78, 5) is 7.26. The summed E-state index contributed by atoms with van der Waals surface area (Å²) in [6.07, 6.45) is 12.0. The van der Waals surface area contributed by atoms with Crippen LogP contribution < -0.4 is 5.32 Å². The van der Waals surface area contributed by atoms with Crippen molar-refractivity contribution in [2.24, 2.45) is 0 Å². The lowest BCUT2D eigenvalue weighted by Gasteiger charge is -1.98. The molecule has 2 aromatic rings. The van der Waals surface area contributed by atoms with Crippen molar-refractivity contribution < 1.29 is 4.42 Å². The molecule has 2 heterocycles. The molecule has 0 aromatic carbocycles. The Kier molecular flexibility index (Phi) is 3.82. The van der Waals surface area contributed by atoms with Crippen molar-refractivity contribution in [2.45, 2.75) is 57.4 Å². The van der Waals surface area contributed by atoms with E-state index in [1.165, 1.54) is 49.8 Å². The van der Waals surface area contributed by atoms with Crippen LogP contribution in [0.5, 0.6) is 0 Å². The third kappa shape index (κ3) is 3.22. The highest BCUT2D eigenvalue weighted by molar-refractivity contribution is 7.15. The summed E-state index contributed by atoms with van der Waals surface area (Å²) in [6, 6.07) is 3.09. The maximum Gasteiger partial charge on any atom is 0.196 e. The minimum absolute atomic E-state index is 0.757. The number of hydrogen-bond acceptors (Lipinski definition) is 4. The third-order valence-electron chi connectivity index (χ3n) is 4.39. The Morgan fingerprint density at radius 1 is 1.24 bits per heavy atom. The Labute approximate surface area is 129 Å². The first-order valence-corrected chi connectivity index (χ1v) is 9.00. The van der Waals surface area contributed by atoms with Gasteiger partial charge in [0, 0.05) is 23.9 Å². The van der Waals surface area contributed by atoms with Crippen molar-refractivity contribution in [3.05, 3.63) is 28.6 Å². The Morgan fingerprint density at radius 2 is 2.14 bits per heavy atom. The number of oxazole rings is 1. The van der Waals surface area contributed by atoms with E-state index in [2.05, 4.69) is 16.4 Å². The van der Waals surface area contributed by atoms with Crippen LogP contribution in [-0.2, 0) is 19.3 Å². The number of rotatable bonds is 5. The Bertz CT molecular complexity index is 589. The molecule has 0 spiro atoms. The van der Waals surface area contributed by atoms with Crippen molar-refractivity contribution in [3.63, 3.8) is 0 Å². The zero-order chi connectivity index (χ0) is 14.1. The summed E-state index contributed by atoms with van der Waals surface area (Å²) in [5.41, 5.74) is 1.54. The molecular formula is C17H22N2OS. The predicted molar refractivity (Wildman–Crippen MR) is 85.8 cm³/mol. The van der Waals surface area contributed by atoms with Gasteiger partial charge in [-0.2, -0.15) is 0 Å². The van der Waals surface area contributed by atoms with Gasteiger partial charge in [-0.1, -0.05) is 6.42 Å². The maximum atomic E-state index is 5.94. The lowest BCUT2D eigenvalue weighted by Crippen LogP contribution is -2.19. The molecule has 2 aliphatic carbocycles. The molecule has 0 aliphatic heterocycles. The number of nitrogens with zero attached hydrogens (tertiary/aromatic N) is 1. The summed E-state index contributed by atoms with van der Waals surface area (Å²) < 4.78 is 5.94. The second-order valence-corrected chi connectivity index (χ2v) is 7.35. The van der Waals surface area contributed by atoms with E-state index in [4.69, 9.17) is 4.42 Å². The van der Waals surface area contributed by atoms with Gasteiger partial charge in [0.15, 0.2) is 11.7 Å². The van der Waals surface area contributed by atoms with Crippen LogP contribution in [0.15, 0.2) is 16.7 Å². The average Bonchev–Trinajstić information content (AvgIpc) is 3.12. The normalized spacial score (nSPS) is 18.5. The molecule has 1 N–H and O–H groups in total. The molecule has 4 rings (SSSR count). The molecule has 112 valence electrons. The first-order valence-electron chi connectivity index (χ1n) is 8.18. The highest BCUT2D eigenvalue weighted by Gasteiger charge is 2.20. The number of fused-ring (bicyclic) bond motifs is 1. The number of nitrogens with one attached hydrogen (secondary N) is 1. The van der Waals surface area contributed by atoms with Crippen LogP contribution in [0.2, 0.25) is 0 Å². The van der Waals surface area contributed by atoms with Crippen LogP contribution in [0.1, 0.15) is 48.4 Å². The fourth-order valence-corrected chi connectivity index (χ4v) is 4.20. The summed E-state index contributed by atoms with van der Waals surface area (Å²) >= 11 is 1.90. The second kappa shape index (κ2) is 5.93. The van der Waals surface area contributed by atoms with Crippen LogP contribution in [0.4, 0.5) is 0 Å². The van der Waals surface area contributed by atoms with Gasteiger partial charge < -0.3 is 9.73 Å². The smallest absolute Gasteiger partial charge is 0.196 e. The van der Waals surface area contributed by atoms with Crippen LogP contribution in [0, 0.1) is 0 Å². The number of hydrogen-bond donors (Lipinski definition) is 1. The second-order valence-electron chi connectivity index (χ2n) is 6.22. The van der Waals surface area contributed by atoms with Gasteiger partial charge in [0.05, 0.1) is 11.1 Å². The molecule has 0 radical (unpaired) electrons. The highest BCUT2D eigenvalue weighted by Crippen LogP contribution is 2.35. The van der Waals surface area contributed by atoms with Gasteiger partial charge in [0.1, 0.15) is 0 Å². The molecule has 4 heteroatoms. The number of thiophene rings is 1. The predicted octanol–water partition coefficient (Wildman–Crippen LogP) is 3.97. The maximum absolute atomic E-state index is 5.94. The molecule has 0 unspecified atom stereocenters. The number of aryl methyl sites for hydroxylation is 2. The molecule has 1 saturated carbocycles. The molecule has 0 atom stereocenters. The molecular weight excluding hydrogens is 280 g/mol. The van der Waals surface area contributed by atoms with Gasteiger partial charge in [0.2, 0.25) is 0 Å². The van der Waals surface area contributed by atoms with Gasteiger partial charge in [-0.05, 0) is 50.2 Å². The van der Waals surface area contributed by atoms with E-state index >= 15 is 0 Å². The quantitative estimate of drug-likeness (QED) is 0.849. The molecule has 21 heavy (non-hydrogen) atoms. The van der Waals surface area contributed by atoms with Crippen LogP contribution in [0.3, 0.4) is 0 Å². The Morgan fingerprint density at radius 3 is 3.05 bits per heavy atom. The fraction of sp³-hybridized carbons (Fsp3) is 0.588. The molecule has 0 amide bonds. The van der Waals surface area contributed by atoms with Crippen molar-refractivity contribution in [3.8, 4) is 10.6 Å². The summed E-state index contributed by atoms with van der Waals surface area (Å²) in [5.74, 6) is 1.82. The van der Waals surface area contributed by atoms with E-state index in [0.717, 1.165) is 30.7 Å². The van der Waals surface area contributed by atoms with E-state index in [1.54, 1.807) is 10.4 Å². The molecule has 0 bridgehead atoms. The monoisotopic (exact) mass is 302 g/mol.